The van der Waals surface area contributed by atoms with Crippen LogP contribution in [0.15, 0.2) is 0 Å². The van der Waals surface area contributed by atoms with Gasteiger partial charge in [0, 0.05) is 0 Å². The maximum Gasteiger partial charge on any atom is 0.313 e. The first-order valence-electron chi connectivity index (χ1n) is 4.16. The highest BCUT2D eigenvalue weighted by molar-refractivity contribution is 7.40. The predicted octanol–water partition coefficient (Wildman–Crippen LogP) is 2.03. The Labute approximate surface area is 70.5 Å². The van der Waals surface area contributed by atoms with E-state index in [-0.39, 0.29) is 11.6 Å². The van der Waals surface area contributed by atoms with Gasteiger partial charge >= 0.3 is 5.97 Å². The number of rotatable bonds is 5. The van der Waals surface area contributed by atoms with E-state index in [1.165, 1.54) is 0 Å². The van der Waals surface area contributed by atoms with Crippen LogP contribution in [-0.2, 0) is 9.53 Å². The highest BCUT2D eigenvalue weighted by atomic mass is 31.1. The summed E-state index contributed by atoms with van der Waals surface area (Å²) in [5.74, 6) is -0.0183. The van der Waals surface area contributed by atoms with Crippen LogP contribution in [0.3, 0.4) is 0 Å². The van der Waals surface area contributed by atoms with E-state index in [1.54, 1.807) is 0 Å². The molecule has 0 aromatic heterocycles. The van der Waals surface area contributed by atoms with Gasteiger partial charge < -0.3 is 4.74 Å². The normalized spacial score (nSPS) is 13.7. The third-order valence-corrected chi connectivity index (χ3v) is 2.97. The fourth-order valence-corrected chi connectivity index (χ4v) is 1.92. The zero-order chi connectivity index (χ0) is 8.69. The molecule has 0 spiro atoms. The number of esters is 1. The summed E-state index contributed by atoms with van der Waals surface area (Å²) in [6.45, 7) is 6.48. The van der Waals surface area contributed by atoms with Crippen molar-refractivity contribution < 1.29 is 9.53 Å². The van der Waals surface area contributed by atoms with Crippen LogP contribution in [0, 0.1) is 0 Å². The summed E-state index contributed by atoms with van der Waals surface area (Å²) in [6, 6.07) is 0. The third-order valence-electron chi connectivity index (χ3n) is 1.43. The first-order valence-corrected chi connectivity index (χ1v) is 5.44. The number of hydrogen-bond acceptors (Lipinski definition) is 2. The van der Waals surface area contributed by atoms with Crippen molar-refractivity contribution in [1.82, 2.24) is 0 Å². The van der Waals surface area contributed by atoms with Crippen LogP contribution in [0.4, 0.5) is 0 Å². The van der Waals surface area contributed by atoms with Crippen LogP contribution in [0.1, 0.15) is 27.2 Å². The molecule has 0 radical (unpaired) electrons. The maximum absolute atomic E-state index is 11.1. The van der Waals surface area contributed by atoms with Gasteiger partial charge in [-0.25, -0.2) is 0 Å². The van der Waals surface area contributed by atoms with Gasteiger partial charge in [0.05, 0.1) is 12.3 Å². The molecule has 0 aliphatic carbocycles. The minimum absolute atomic E-state index is 0.0183. The summed E-state index contributed by atoms with van der Waals surface area (Å²) in [5.41, 5.74) is 0.153. The average molecular weight is 176 g/mol. The molecule has 0 amide bonds. The summed E-state index contributed by atoms with van der Waals surface area (Å²) in [6.07, 6.45) is 1.99. The number of hydrogen-bond donors (Lipinski definition) is 0. The average Bonchev–Trinajstić information content (AvgIpc) is 2.00. The van der Waals surface area contributed by atoms with E-state index in [9.17, 15) is 4.79 Å². The molecule has 0 fully saturated rings. The topological polar surface area (TPSA) is 26.3 Å². The van der Waals surface area contributed by atoms with Crippen molar-refractivity contribution in [1.29, 1.82) is 0 Å². The van der Waals surface area contributed by atoms with E-state index in [2.05, 4.69) is 6.92 Å². The highest BCUT2D eigenvalue weighted by Crippen LogP contribution is 2.22. The van der Waals surface area contributed by atoms with Crippen molar-refractivity contribution in [3.8, 4) is 0 Å². The molecular weight excluding hydrogens is 159 g/mol. The van der Waals surface area contributed by atoms with E-state index in [0.717, 1.165) is 21.2 Å². The minimum Gasteiger partial charge on any atom is -0.466 e. The molecular formula is C8H17O2P. The molecule has 11 heavy (non-hydrogen) atoms. The molecule has 0 aromatic carbocycles. The minimum atomic E-state index is -0.0183. The lowest BCUT2D eigenvalue weighted by Crippen LogP contribution is -2.18. The van der Waals surface area contributed by atoms with Crippen LogP contribution in [-0.4, -0.2) is 24.4 Å². The Hall–Kier alpha value is -0.100. The van der Waals surface area contributed by atoms with Crippen molar-refractivity contribution in [2.75, 3.05) is 12.8 Å². The van der Waals surface area contributed by atoms with E-state index >= 15 is 0 Å². The Morgan fingerprint density at radius 3 is 2.45 bits per heavy atom. The third kappa shape index (κ3) is 4.36. The van der Waals surface area contributed by atoms with E-state index < -0.39 is 0 Å². The standard InChI is InChI=1S/C8H17O2P/c1-4-7(11-6-3)8(9)10-5-2/h7,11H,4-6H2,1-3H3. The van der Waals surface area contributed by atoms with E-state index in [4.69, 9.17) is 4.74 Å². The van der Waals surface area contributed by atoms with Gasteiger partial charge in [-0.05, 0) is 19.5 Å². The van der Waals surface area contributed by atoms with Gasteiger partial charge in [0.1, 0.15) is 0 Å². The molecule has 0 aromatic rings. The second-order valence-electron chi connectivity index (χ2n) is 2.27. The smallest absolute Gasteiger partial charge is 0.313 e. The molecule has 3 heteroatoms. The largest absolute Gasteiger partial charge is 0.466 e. The Morgan fingerprint density at radius 2 is 2.09 bits per heavy atom. The molecule has 2 nitrogen and oxygen atoms in total. The lowest BCUT2D eigenvalue weighted by Gasteiger charge is -2.11. The molecule has 0 saturated heterocycles. The molecule has 66 valence electrons. The van der Waals surface area contributed by atoms with Crippen molar-refractivity contribution >= 4 is 14.6 Å². The van der Waals surface area contributed by atoms with Gasteiger partial charge in [-0.2, -0.15) is 0 Å². The maximum atomic E-state index is 11.1. The van der Waals surface area contributed by atoms with Crippen LogP contribution in [0.2, 0.25) is 0 Å². The summed E-state index contributed by atoms with van der Waals surface area (Å²) < 4.78 is 4.92. The van der Waals surface area contributed by atoms with Crippen molar-refractivity contribution in [2.45, 2.75) is 32.9 Å². The summed E-state index contributed by atoms with van der Waals surface area (Å²) in [5, 5.41) is 0. The Balaban J connectivity index is 3.71. The van der Waals surface area contributed by atoms with Crippen LogP contribution in [0.5, 0.6) is 0 Å². The lowest BCUT2D eigenvalue weighted by atomic mass is 10.3. The molecule has 0 N–H and O–H groups in total. The molecule has 2 unspecified atom stereocenters. The second-order valence-corrected chi connectivity index (χ2v) is 4.08. The Morgan fingerprint density at radius 1 is 1.45 bits per heavy atom. The second kappa shape index (κ2) is 6.60. The number of ether oxygens (including phenoxy) is 1. The van der Waals surface area contributed by atoms with E-state index in [0.29, 0.717) is 6.61 Å². The first-order chi connectivity index (χ1) is 5.26. The molecule has 2 atom stereocenters. The zero-order valence-corrected chi connectivity index (χ0v) is 8.52. The zero-order valence-electron chi connectivity index (χ0n) is 7.52. The molecule has 0 saturated carbocycles. The Bertz CT molecular complexity index is 115. The van der Waals surface area contributed by atoms with Gasteiger partial charge in [0.2, 0.25) is 0 Å². The van der Waals surface area contributed by atoms with Crippen molar-refractivity contribution in [2.24, 2.45) is 0 Å². The van der Waals surface area contributed by atoms with Gasteiger partial charge in [-0.15, -0.1) is 8.58 Å². The first kappa shape index (κ1) is 10.9. The molecule has 0 heterocycles. The van der Waals surface area contributed by atoms with Gasteiger partial charge in [-0.1, -0.05) is 13.8 Å². The fourth-order valence-electron chi connectivity index (χ4n) is 0.884. The van der Waals surface area contributed by atoms with Crippen LogP contribution < -0.4 is 0 Å². The lowest BCUT2D eigenvalue weighted by molar-refractivity contribution is -0.142. The molecule has 0 rings (SSSR count). The van der Waals surface area contributed by atoms with Crippen LogP contribution >= 0.6 is 8.58 Å². The molecule has 0 aliphatic heterocycles. The predicted molar refractivity (Wildman–Crippen MR) is 49.6 cm³/mol. The monoisotopic (exact) mass is 176 g/mol. The summed E-state index contributed by atoms with van der Waals surface area (Å²) >= 11 is 0. The molecule has 0 aliphatic rings. The molecule has 0 bridgehead atoms. The van der Waals surface area contributed by atoms with Crippen molar-refractivity contribution in [3.63, 3.8) is 0 Å². The van der Waals surface area contributed by atoms with Gasteiger partial charge in [0.25, 0.3) is 0 Å². The number of carbonyl (C=O) groups is 1. The SMILES string of the molecule is CCOC(=O)C(CC)PCC. The van der Waals surface area contributed by atoms with Crippen molar-refractivity contribution in [3.05, 3.63) is 0 Å². The summed E-state index contributed by atoms with van der Waals surface area (Å²) in [7, 11) is 0.722. The number of carbonyl (C=O) groups excluding carboxylic acids is 1. The van der Waals surface area contributed by atoms with E-state index in [1.807, 2.05) is 13.8 Å². The van der Waals surface area contributed by atoms with Gasteiger partial charge in [-0.3, -0.25) is 4.79 Å². The van der Waals surface area contributed by atoms with Gasteiger partial charge in [0.15, 0.2) is 0 Å². The highest BCUT2D eigenvalue weighted by Gasteiger charge is 2.15. The fraction of sp³-hybridized carbons (Fsp3) is 0.875. The quantitative estimate of drug-likeness (QED) is 0.473. The summed E-state index contributed by atoms with van der Waals surface area (Å²) in [4.78, 5) is 11.1. The van der Waals surface area contributed by atoms with Crippen LogP contribution in [0.25, 0.3) is 0 Å². The Kier molecular flexibility index (Phi) is 6.54.